The zero-order valence-electron chi connectivity index (χ0n) is 11.7. The van der Waals surface area contributed by atoms with Crippen molar-refractivity contribution in [3.05, 3.63) is 21.0 Å². The van der Waals surface area contributed by atoms with Gasteiger partial charge in [-0.25, -0.2) is 4.68 Å². The summed E-state index contributed by atoms with van der Waals surface area (Å²) in [5.74, 6) is 0.637. The van der Waals surface area contributed by atoms with E-state index in [1.807, 2.05) is 0 Å². The van der Waals surface area contributed by atoms with Crippen molar-refractivity contribution in [2.24, 2.45) is 5.92 Å². The Morgan fingerprint density at radius 1 is 1.55 bits per heavy atom. The second kappa shape index (κ2) is 5.48. The first-order valence-corrected chi connectivity index (χ1v) is 7.97. The number of halogens is 1. The normalized spacial score (nSPS) is 20.5. The molecule has 0 bridgehead atoms. The minimum Gasteiger partial charge on any atom is -0.380 e. The maximum Gasteiger partial charge on any atom is 0.283 e. The topological polar surface area (TPSA) is 56.1 Å². The Hall–Kier alpha value is -0.880. The van der Waals surface area contributed by atoms with Crippen LogP contribution >= 0.6 is 15.9 Å². The van der Waals surface area contributed by atoms with Gasteiger partial charge in [-0.2, -0.15) is 5.10 Å². The van der Waals surface area contributed by atoms with Crippen LogP contribution in [0.3, 0.4) is 0 Å². The van der Waals surface area contributed by atoms with Crippen LogP contribution in [0.2, 0.25) is 0 Å². The summed E-state index contributed by atoms with van der Waals surface area (Å²) in [4.78, 5) is 12.2. The van der Waals surface area contributed by atoms with Gasteiger partial charge in [0, 0.05) is 20.2 Å². The molecule has 110 valence electrons. The standard InChI is InChI=1S/C14H20BrN3O2/c1-20-14(5-2-6-14)9-16-11-7-17-18(8-10-3-4-10)13(19)12(11)15/h7,10,16H,2-6,8-9H2,1H3. The van der Waals surface area contributed by atoms with Gasteiger partial charge in [-0.15, -0.1) is 0 Å². The van der Waals surface area contributed by atoms with Crippen LogP contribution in [0.1, 0.15) is 32.1 Å². The van der Waals surface area contributed by atoms with Gasteiger partial charge in [0.1, 0.15) is 4.47 Å². The number of nitrogens with zero attached hydrogens (tertiary/aromatic N) is 2. The van der Waals surface area contributed by atoms with Gasteiger partial charge < -0.3 is 10.1 Å². The van der Waals surface area contributed by atoms with E-state index in [9.17, 15) is 4.79 Å². The lowest BCUT2D eigenvalue weighted by Gasteiger charge is -2.40. The van der Waals surface area contributed by atoms with Crippen LogP contribution in [0.5, 0.6) is 0 Å². The Labute approximate surface area is 126 Å². The average molecular weight is 342 g/mol. The van der Waals surface area contributed by atoms with Crippen LogP contribution in [0, 0.1) is 5.92 Å². The van der Waals surface area contributed by atoms with Crippen molar-refractivity contribution in [1.82, 2.24) is 9.78 Å². The molecular weight excluding hydrogens is 322 g/mol. The fourth-order valence-electron chi connectivity index (χ4n) is 2.54. The van der Waals surface area contributed by atoms with Crippen LogP contribution in [-0.4, -0.2) is 29.0 Å². The third-order valence-corrected chi connectivity index (χ3v) is 5.18. The monoisotopic (exact) mass is 341 g/mol. The van der Waals surface area contributed by atoms with Crippen LogP contribution in [0.15, 0.2) is 15.5 Å². The van der Waals surface area contributed by atoms with Crippen molar-refractivity contribution in [2.75, 3.05) is 19.0 Å². The molecule has 0 unspecified atom stereocenters. The summed E-state index contributed by atoms with van der Waals surface area (Å²) in [6, 6.07) is 0. The van der Waals surface area contributed by atoms with Gasteiger partial charge in [0.05, 0.1) is 17.5 Å². The van der Waals surface area contributed by atoms with Crippen LogP contribution in [0.25, 0.3) is 0 Å². The molecule has 0 aromatic carbocycles. The van der Waals surface area contributed by atoms with Gasteiger partial charge in [-0.05, 0) is 54.0 Å². The van der Waals surface area contributed by atoms with Crippen molar-refractivity contribution in [2.45, 2.75) is 44.2 Å². The molecular formula is C14H20BrN3O2. The molecule has 2 aliphatic carbocycles. The minimum absolute atomic E-state index is 0.0537. The number of anilines is 1. The Morgan fingerprint density at radius 3 is 2.85 bits per heavy atom. The number of nitrogens with one attached hydrogen (secondary N) is 1. The van der Waals surface area contributed by atoms with Gasteiger partial charge in [-0.1, -0.05) is 0 Å². The highest BCUT2D eigenvalue weighted by atomic mass is 79.9. The van der Waals surface area contributed by atoms with Gasteiger partial charge in [0.2, 0.25) is 0 Å². The number of ether oxygens (including phenoxy) is 1. The van der Waals surface area contributed by atoms with Gasteiger partial charge >= 0.3 is 0 Å². The van der Waals surface area contributed by atoms with E-state index < -0.39 is 0 Å². The fraction of sp³-hybridized carbons (Fsp3) is 0.714. The molecule has 0 spiro atoms. The molecule has 1 heterocycles. The maximum atomic E-state index is 12.2. The lowest BCUT2D eigenvalue weighted by atomic mass is 9.80. The van der Waals surface area contributed by atoms with Gasteiger partial charge in [0.25, 0.3) is 5.56 Å². The summed E-state index contributed by atoms with van der Waals surface area (Å²) in [5, 5.41) is 7.56. The third kappa shape index (κ3) is 2.76. The first-order chi connectivity index (χ1) is 9.63. The van der Waals surface area contributed by atoms with Crippen molar-refractivity contribution in [3.63, 3.8) is 0 Å². The van der Waals surface area contributed by atoms with Crippen LogP contribution < -0.4 is 10.9 Å². The highest BCUT2D eigenvalue weighted by molar-refractivity contribution is 9.10. The van der Waals surface area contributed by atoms with Crippen LogP contribution in [0.4, 0.5) is 5.69 Å². The number of hydrogen-bond acceptors (Lipinski definition) is 4. The van der Waals surface area contributed by atoms with E-state index in [-0.39, 0.29) is 11.2 Å². The van der Waals surface area contributed by atoms with E-state index in [1.54, 1.807) is 18.0 Å². The number of methoxy groups -OCH3 is 1. The molecule has 3 rings (SSSR count). The number of rotatable bonds is 6. The zero-order valence-corrected chi connectivity index (χ0v) is 13.3. The molecule has 1 N–H and O–H groups in total. The molecule has 2 fully saturated rings. The second-order valence-electron chi connectivity index (χ2n) is 5.90. The summed E-state index contributed by atoms with van der Waals surface area (Å²) in [6.07, 6.45) is 7.50. The average Bonchev–Trinajstić information content (AvgIpc) is 3.20. The fourth-order valence-corrected chi connectivity index (χ4v) is 2.99. The second-order valence-corrected chi connectivity index (χ2v) is 6.69. The van der Waals surface area contributed by atoms with E-state index in [2.05, 4.69) is 26.3 Å². The SMILES string of the molecule is COC1(CNc2cnn(CC3CC3)c(=O)c2Br)CCC1. The maximum absolute atomic E-state index is 12.2. The molecule has 6 heteroatoms. The highest BCUT2D eigenvalue weighted by Crippen LogP contribution is 2.35. The molecule has 2 saturated carbocycles. The Bertz CT molecular complexity index is 544. The molecule has 1 aromatic heterocycles. The smallest absolute Gasteiger partial charge is 0.283 e. The zero-order chi connectivity index (χ0) is 14.2. The molecule has 20 heavy (non-hydrogen) atoms. The Kier molecular flexibility index (Phi) is 3.86. The van der Waals surface area contributed by atoms with Gasteiger partial charge in [-0.3, -0.25) is 4.79 Å². The quantitative estimate of drug-likeness (QED) is 0.863. The largest absolute Gasteiger partial charge is 0.380 e. The van der Waals surface area contributed by atoms with Crippen molar-refractivity contribution in [1.29, 1.82) is 0 Å². The predicted molar refractivity (Wildman–Crippen MR) is 81.0 cm³/mol. The van der Waals surface area contributed by atoms with Crippen molar-refractivity contribution in [3.8, 4) is 0 Å². The molecule has 1 aromatic rings. The summed E-state index contributed by atoms with van der Waals surface area (Å²) < 4.78 is 7.69. The summed E-state index contributed by atoms with van der Waals surface area (Å²) in [7, 11) is 1.75. The summed E-state index contributed by atoms with van der Waals surface area (Å²) in [6.45, 7) is 1.45. The summed E-state index contributed by atoms with van der Waals surface area (Å²) >= 11 is 3.39. The first kappa shape index (κ1) is 14.1. The Balaban J connectivity index is 1.70. The van der Waals surface area contributed by atoms with Crippen molar-refractivity contribution < 1.29 is 4.74 Å². The lowest BCUT2D eigenvalue weighted by molar-refractivity contribution is -0.0601. The molecule has 0 radical (unpaired) electrons. The molecule has 5 nitrogen and oxygen atoms in total. The van der Waals surface area contributed by atoms with E-state index in [1.165, 1.54) is 19.3 Å². The Morgan fingerprint density at radius 2 is 2.30 bits per heavy atom. The summed E-state index contributed by atoms with van der Waals surface area (Å²) in [5.41, 5.74) is 0.634. The van der Waals surface area contributed by atoms with Crippen molar-refractivity contribution >= 4 is 21.6 Å². The lowest BCUT2D eigenvalue weighted by Crippen LogP contribution is -2.45. The minimum atomic E-state index is -0.0671. The highest BCUT2D eigenvalue weighted by Gasteiger charge is 2.36. The third-order valence-electron chi connectivity index (χ3n) is 4.41. The number of aromatic nitrogens is 2. The van der Waals surface area contributed by atoms with E-state index >= 15 is 0 Å². The molecule has 0 saturated heterocycles. The van der Waals surface area contributed by atoms with E-state index in [0.29, 0.717) is 10.4 Å². The predicted octanol–water partition coefficient (Wildman–Crippen LogP) is 2.40. The van der Waals surface area contributed by atoms with E-state index in [0.717, 1.165) is 31.6 Å². The molecule has 0 amide bonds. The molecule has 2 aliphatic rings. The van der Waals surface area contributed by atoms with Gasteiger partial charge in [0.15, 0.2) is 0 Å². The molecule has 0 atom stereocenters. The first-order valence-electron chi connectivity index (χ1n) is 7.18. The number of hydrogen-bond donors (Lipinski definition) is 1. The van der Waals surface area contributed by atoms with E-state index in [4.69, 9.17) is 4.74 Å². The molecule has 0 aliphatic heterocycles. The van der Waals surface area contributed by atoms with Crippen LogP contribution in [-0.2, 0) is 11.3 Å².